The molecule has 1 heterocycles. The van der Waals surface area contributed by atoms with Crippen LogP contribution in [0.15, 0.2) is 18.3 Å². The van der Waals surface area contributed by atoms with Crippen molar-refractivity contribution in [1.82, 2.24) is 4.98 Å². The molecule has 0 spiro atoms. The monoisotopic (exact) mass is 239 g/mol. The summed E-state index contributed by atoms with van der Waals surface area (Å²) >= 11 is 1.92. The van der Waals surface area contributed by atoms with E-state index in [2.05, 4.69) is 30.4 Å². The molecule has 0 aliphatic heterocycles. The van der Waals surface area contributed by atoms with E-state index in [0.29, 0.717) is 10.6 Å². The minimum Gasteiger partial charge on any atom is -0.382 e. The molecule has 3 nitrogen and oxygen atoms in total. The van der Waals surface area contributed by atoms with Crippen molar-refractivity contribution in [2.45, 2.75) is 31.4 Å². The highest BCUT2D eigenvalue weighted by atomic mass is 32.2. The SMILES string of the molecule is CCC(CC)(CNc1cccnc1N)SC. The second-order valence-corrected chi connectivity index (χ2v) is 5.16. The highest BCUT2D eigenvalue weighted by Gasteiger charge is 2.24. The molecule has 1 aromatic rings. The molecule has 0 aliphatic carbocycles. The fraction of sp³-hybridized carbons (Fsp3) is 0.583. The number of pyridine rings is 1. The van der Waals surface area contributed by atoms with Gasteiger partial charge in [0.25, 0.3) is 0 Å². The third kappa shape index (κ3) is 3.04. The maximum atomic E-state index is 5.79. The van der Waals surface area contributed by atoms with Crippen LogP contribution in [0.1, 0.15) is 26.7 Å². The van der Waals surface area contributed by atoms with Crippen LogP contribution in [0, 0.1) is 0 Å². The van der Waals surface area contributed by atoms with Gasteiger partial charge in [-0.15, -0.1) is 0 Å². The number of nitrogens with one attached hydrogen (secondary N) is 1. The van der Waals surface area contributed by atoms with E-state index in [9.17, 15) is 0 Å². The molecule has 90 valence electrons. The number of thioether (sulfide) groups is 1. The zero-order valence-corrected chi connectivity index (χ0v) is 11.1. The summed E-state index contributed by atoms with van der Waals surface area (Å²) in [5, 5.41) is 3.40. The Labute approximate surface area is 102 Å². The number of anilines is 2. The molecule has 16 heavy (non-hydrogen) atoms. The molecule has 0 fully saturated rings. The maximum absolute atomic E-state index is 5.79. The standard InChI is InChI=1S/C12H21N3S/c1-4-12(5-2,16-3)9-15-10-7-6-8-14-11(10)13/h6-8,15H,4-5,9H2,1-3H3,(H2,13,14). The Morgan fingerprint density at radius 3 is 2.62 bits per heavy atom. The topological polar surface area (TPSA) is 50.9 Å². The van der Waals surface area contributed by atoms with Crippen molar-refractivity contribution in [3.63, 3.8) is 0 Å². The first-order valence-electron chi connectivity index (χ1n) is 5.67. The van der Waals surface area contributed by atoms with Gasteiger partial charge in [-0.25, -0.2) is 4.98 Å². The lowest BCUT2D eigenvalue weighted by molar-refractivity contribution is 0.575. The van der Waals surface area contributed by atoms with Gasteiger partial charge in [0.1, 0.15) is 5.82 Å². The molecule has 0 aromatic carbocycles. The van der Waals surface area contributed by atoms with Crippen molar-refractivity contribution < 1.29 is 0 Å². The largest absolute Gasteiger partial charge is 0.382 e. The third-order valence-electron chi connectivity index (χ3n) is 3.16. The number of aromatic nitrogens is 1. The van der Waals surface area contributed by atoms with Gasteiger partial charge in [-0.3, -0.25) is 0 Å². The molecule has 4 heteroatoms. The minimum absolute atomic E-state index is 0.294. The number of rotatable bonds is 6. The van der Waals surface area contributed by atoms with Gasteiger partial charge in [-0.2, -0.15) is 11.8 Å². The van der Waals surface area contributed by atoms with Crippen LogP contribution in [0.25, 0.3) is 0 Å². The van der Waals surface area contributed by atoms with E-state index in [1.54, 1.807) is 6.20 Å². The molecule has 0 radical (unpaired) electrons. The number of nitrogen functional groups attached to an aromatic ring is 1. The fourth-order valence-corrected chi connectivity index (χ4v) is 2.48. The summed E-state index contributed by atoms with van der Waals surface area (Å²) in [5.41, 5.74) is 6.73. The third-order valence-corrected chi connectivity index (χ3v) is 4.75. The predicted molar refractivity (Wildman–Crippen MR) is 74.0 cm³/mol. The number of hydrogen-bond donors (Lipinski definition) is 2. The summed E-state index contributed by atoms with van der Waals surface area (Å²) in [6.07, 6.45) is 6.18. The van der Waals surface area contributed by atoms with E-state index >= 15 is 0 Å². The van der Waals surface area contributed by atoms with Gasteiger partial charge in [-0.1, -0.05) is 13.8 Å². The van der Waals surface area contributed by atoms with Crippen LogP contribution >= 0.6 is 11.8 Å². The van der Waals surface area contributed by atoms with E-state index in [-0.39, 0.29) is 0 Å². The van der Waals surface area contributed by atoms with Crippen molar-refractivity contribution >= 4 is 23.3 Å². The first kappa shape index (κ1) is 13.2. The normalized spacial score (nSPS) is 11.4. The zero-order chi connectivity index (χ0) is 12.0. The van der Waals surface area contributed by atoms with Gasteiger partial charge in [0, 0.05) is 17.5 Å². The smallest absolute Gasteiger partial charge is 0.146 e. The van der Waals surface area contributed by atoms with Gasteiger partial charge < -0.3 is 11.1 Å². The Morgan fingerprint density at radius 1 is 1.44 bits per heavy atom. The van der Waals surface area contributed by atoms with Crippen molar-refractivity contribution in [2.24, 2.45) is 0 Å². The van der Waals surface area contributed by atoms with Crippen LogP contribution in [0.2, 0.25) is 0 Å². The molecule has 0 bridgehead atoms. The molecule has 0 saturated heterocycles. The molecule has 0 amide bonds. The van der Waals surface area contributed by atoms with Crippen LogP contribution in [0.3, 0.4) is 0 Å². The highest BCUT2D eigenvalue weighted by Crippen LogP contribution is 2.31. The first-order chi connectivity index (χ1) is 7.67. The number of nitrogens with two attached hydrogens (primary N) is 1. The lowest BCUT2D eigenvalue weighted by Crippen LogP contribution is -2.32. The van der Waals surface area contributed by atoms with Crippen molar-refractivity contribution in [1.29, 1.82) is 0 Å². The Morgan fingerprint density at radius 2 is 2.12 bits per heavy atom. The van der Waals surface area contributed by atoms with Gasteiger partial charge in [0.2, 0.25) is 0 Å². The van der Waals surface area contributed by atoms with Gasteiger partial charge in [-0.05, 0) is 31.2 Å². The van der Waals surface area contributed by atoms with Crippen molar-refractivity contribution in [2.75, 3.05) is 23.9 Å². The second-order valence-electron chi connectivity index (χ2n) is 3.88. The van der Waals surface area contributed by atoms with Crippen molar-refractivity contribution in [3.8, 4) is 0 Å². The molecular formula is C12H21N3S. The van der Waals surface area contributed by atoms with Gasteiger partial charge >= 0.3 is 0 Å². The highest BCUT2D eigenvalue weighted by molar-refractivity contribution is 8.00. The van der Waals surface area contributed by atoms with E-state index in [1.807, 2.05) is 23.9 Å². The molecule has 0 unspecified atom stereocenters. The average molecular weight is 239 g/mol. The molecule has 1 aromatic heterocycles. The molecule has 0 aliphatic rings. The Bertz CT molecular complexity index is 316. The number of nitrogens with zero attached hydrogens (tertiary/aromatic N) is 1. The average Bonchev–Trinajstić information content (AvgIpc) is 2.34. The Balaban J connectivity index is 2.66. The summed E-state index contributed by atoms with van der Waals surface area (Å²) in [6.45, 7) is 5.39. The summed E-state index contributed by atoms with van der Waals surface area (Å²) < 4.78 is 0.294. The molecule has 0 saturated carbocycles. The minimum atomic E-state index is 0.294. The quantitative estimate of drug-likeness (QED) is 0.801. The van der Waals surface area contributed by atoms with Crippen LogP contribution in [0.5, 0.6) is 0 Å². The van der Waals surface area contributed by atoms with Gasteiger partial charge in [0.15, 0.2) is 0 Å². The summed E-state index contributed by atoms with van der Waals surface area (Å²) in [4.78, 5) is 4.07. The second kappa shape index (κ2) is 5.99. The molecular weight excluding hydrogens is 218 g/mol. The lowest BCUT2D eigenvalue weighted by atomic mass is 10.0. The summed E-state index contributed by atoms with van der Waals surface area (Å²) in [6, 6.07) is 3.87. The Hall–Kier alpha value is -0.900. The van der Waals surface area contributed by atoms with E-state index < -0.39 is 0 Å². The lowest BCUT2D eigenvalue weighted by Gasteiger charge is -2.30. The molecule has 1 rings (SSSR count). The van der Waals surface area contributed by atoms with Crippen LogP contribution in [-0.2, 0) is 0 Å². The predicted octanol–water partition coefficient (Wildman–Crippen LogP) is 3.00. The number of hydrogen-bond acceptors (Lipinski definition) is 4. The van der Waals surface area contributed by atoms with Crippen LogP contribution in [-0.4, -0.2) is 22.5 Å². The van der Waals surface area contributed by atoms with Crippen molar-refractivity contribution in [3.05, 3.63) is 18.3 Å². The summed E-state index contributed by atoms with van der Waals surface area (Å²) in [7, 11) is 0. The maximum Gasteiger partial charge on any atom is 0.146 e. The van der Waals surface area contributed by atoms with Crippen LogP contribution < -0.4 is 11.1 Å². The van der Waals surface area contributed by atoms with Crippen LogP contribution in [0.4, 0.5) is 11.5 Å². The van der Waals surface area contributed by atoms with E-state index in [4.69, 9.17) is 5.73 Å². The van der Waals surface area contributed by atoms with Gasteiger partial charge in [0.05, 0.1) is 5.69 Å². The van der Waals surface area contributed by atoms with E-state index in [1.165, 1.54) is 0 Å². The summed E-state index contributed by atoms with van der Waals surface area (Å²) in [5.74, 6) is 0.574. The molecule has 0 atom stereocenters. The zero-order valence-electron chi connectivity index (χ0n) is 10.3. The fourth-order valence-electron chi connectivity index (χ4n) is 1.68. The molecule has 3 N–H and O–H groups in total. The van der Waals surface area contributed by atoms with E-state index in [0.717, 1.165) is 25.1 Å². The first-order valence-corrected chi connectivity index (χ1v) is 6.89. The Kier molecular flexibility index (Phi) is 4.93.